The number of nitriles is 1. The lowest BCUT2D eigenvalue weighted by atomic mass is 10.1. The molecule has 14 heavy (non-hydrogen) atoms. The van der Waals surface area contributed by atoms with Crippen LogP contribution in [0.3, 0.4) is 0 Å². The highest BCUT2D eigenvalue weighted by Gasteiger charge is 2.37. The maximum atomic E-state index is 8.95. The molecule has 1 saturated carbocycles. The number of hydrogen-bond donors (Lipinski definition) is 1. The molecule has 0 bridgehead atoms. The van der Waals surface area contributed by atoms with Crippen LogP contribution in [0.4, 0.5) is 5.69 Å². The Morgan fingerprint density at radius 3 is 2.79 bits per heavy atom. The Balaban J connectivity index is 2.29. The van der Waals surface area contributed by atoms with Crippen molar-refractivity contribution in [3.8, 4) is 6.07 Å². The average molecular weight is 251 g/mol. The first-order valence-corrected chi connectivity index (χ1v) is 5.40. The van der Waals surface area contributed by atoms with Gasteiger partial charge in [0.1, 0.15) is 6.07 Å². The van der Waals surface area contributed by atoms with Gasteiger partial charge in [0.25, 0.3) is 0 Å². The number of benzene rings is 1. The third kappa shape index (κ3) is 1.91. The van der Waals surface area contributed by atoms with E-state index in [9.17, 15) is 0 Å². The van der Waals surface area contributed by atoms with Gasteiger partial charge in [-0.1, -0.05) is 15.9 Å². The van der Waals surface area contributed by atoms with E-state index in [1.807, 2.05) is 18.2 Å². The average Bonchev–Trinajstić information content (AvgIpc) is 2.87. The molecule has 0 radical (unpaired) electrons. The summed E-state index contributed by atoms with van der Waals surface area (Å²) in [5.74, 6) is 0. The molecule has 1 aliphatic carbocycles. The zero-order valence-electron chi connectivity index (χ0n) is 7.97. The Morgan fingerprint density at radius 2 is 2.21 bits per heavy atom. The number of hydrogen-bond acceptors (Lipinski definition) is 2. The molecular weight excluding hydrogens is 240 g/mol. The second-order valence-electron chi connectivity index (χ2n) is 3.99. The highest BCUT2D eigenvalue weighted by Crippen LogP contribution is 2.39. The van der Waals surface area contributed by atoms with E-state index in [4.69, 9.17) is 5.26 Å². The van der Waals surface area contributed by atoms with E-state index in [1.54, 1.807) is 0 Å². The van der Waals surface area contributed by atoms with Gasteiger partial charge < -0.3 is 5.32 Å². The number of halogens is 1. The molecule has 1 aromatic carbocycles. The van der Waals surface area contributed by atoms with E-state index in [0.29, 0.717) is 5.56 Å². The van der Waals surface area contributed by atoms with E-state index in [0.717, 1.165) is 10.2 Å². The zero-order valence-corrected chi connectivity index (χ0v) is 9.56. The molecular formula is C11H11BrN2. The summed E-state index contributed by atoms with van der Waals surface area (Å²) in [7, 11) is 0. The van der Waals surface area contributed by atoms with Crippen LogP contribution < -0.4 is 5.32 Å². The topological polar surface area (TPSA) is 35.8 Å². The molecule has 0 unspecified atom stereocenters. The van der Waals surface area contributed by atoms with Crippen molar-refractivity contribution in [2.24, 2.45) is 0 Å². The second-order valence-corrected chi connectivity index (χ2v) is 4.90. The smallest absolute Gasteiger partial charge is 0.101 e. The lowest BCUT2D eigenvalue weighted by Crippen LogP contribution is -2.16. The van der Waals surface area contributed by atoms with Crippen LogP contribution in [0.15, 0.2) is 22.7 Å². The van der Waals surface area contributed by atoms with Crippen molar-refractivity contribution >= 4 is 21.6 Å². The molecule has 0 heterocycles. The molecule has 72 valence electrons. The lowest BCUT2D eigenvalue weighted by Gasteiger charge is -2.14. The summed E-state index contributed by atoms with van der Waals surface area (Å²) in [5, 5.41) is 12.3. The fourth-order valence-corrected chi connectivity index (χ4v) is 1.72. The normalized spacial score (nSPS) is 17.2. The molecule has 0 atom stereocenters. The fraction of sp³-hybridized carbons (Fsp3) is 0.364. The first kappa shape index (κ1) is 9.54. The third-order valence-electron chi connectivity index (χ3n) is 2.54. The highest BCUT2D eigenvalue weighted by atomic mass is 79.9. The molecule has 0 amide bonds. The Bertz CT molecular complexity index is 402. The first-order chi connectivity index (χ1) is 6.63. The van der Waals surface area contributed by atoms with Crippen LogP contribution in [0.25, 0.3) is 0 Å². The predicted octanol–water partition coefficient (Wildman–Crippen LogP) is 3.29. The molecule has 0 aromatic heterocycles. The van der Waals surface area contributed by atoms with E-state index in [-0.39, 0.29) is 5.54 Å². The number of rotatable bonds is 2. The standard InChI is InChI=1S/C11H11BrN2/c1-11(4-5-11)14-10-3-2-9(12)6-8(10)7-13/h2-3,6,14H,4-5H2,1H3. The van der Waals surface area contributed by atoms with Crippen LogP contribution in [-0.4, -0.2) is 5.54 Å². The van der Waals surface area contributed by atoms with Crippen molar-refractivity contribution < 1.29 is 0 Å². The highest BCUT2D eigenvalue weighted by molar-refractivity contribution is 9.10. The minimum absolute atomic E-state index is 0.222. The maximum Gasteiger partial charge on any atom is 0.101 e. The van der Waals surface area contributed by atoms with E-state index >= 15 is 0 Å². The molecule has 3 heteroatoms. The van der Waals surface area contributed by atoms with Crippen LogP contribution in [0.5, 0.6) is 0 Å². The molecule has 1 N–H and O–H groups in total. The first-order valence-electron chi connectivity index (χ1n) is 4.61. The third-order valence-corrected chi connectivity index (χ3v) is 3.03. The van der Waals surface area contributed by atoms with Gasteiger partial charge in [0.2, 0.25) is 0 Å². The molecule has 2 nitrogen and oxygen atoms in total. The van der Waals surface area contributed by atoms with Crippen molar-refractivity contribution in [2.45, 2.75) is 25.3 Å². The zero-order chi connectivity index (χ0) is 10.2. The molecule has 1 aromatic rings. The molecule has 1 aliphatic rings. The van der Waals surface area contributed by atoms with Crippen LogP contribution in [0, 0.1) is 11.3 Å². The largest absolute Gasteiger partial charge is 0.379 e. The van der Waals surface area contributed by atoms with Crippen molar-refractivity contribution in [3.63, 3.8) is 0 Å². The van der Waals surface area contributed by atoms with Gasteiger partial charge in [-0.15, -0.1) is 0 Å². The lowest BCUT2D eigenvalue weighted by molar-refractivity contribution is 0.828. The Morgan fingerprint density at radius 1 is 1.50 bits per heavy atom. The number of anilines is 1. The van der Waals surface area contributed by atoms with Crippen molar-refractivity contribution in [1.29, 1.82) is 5.26 Å². The molecule has 2 rings (SSSR count). The Hall–Kier alpha value is -1.01. The molecule has 0 saturated heterocycles. The fourth-order valence-electron chi connectivity index (χ4n) is 1.36. The summed E-state index contributed by atoms with van der Waals surface area (Å²) >= 11 is 3.35. The van der Waals surface area contributed by atoms with Gasteiger partial charge in [-0.2, -0.15) is 5.26 Å². The Labute approximate surface area is 92.1 Å². The monoisotopic (exact) mass is 250 g/mol. The minimum Gasteiger partial charge on any atom is -0.379 e. The minimum atomic E-state index is 0.222. The Kier molecular flexibility index (Phi) is 2.24. The van der Waals surface area contributed by atoms with Crippen LogP contribution in [0.1, 0.15) is 25.3 Å². The van der Waals surface area contributed by atoms with Crippen molar-refractivity contribution in [1.82, 2.24) is 0 Å². The van der Waals surface area contributed by atoms with Crippen molar-refractivity contribution in [2.75, 3.05) is 5.32 Å². The van der Waals surface area contributed by atoms with Crippen molar-refractivity contribution in [3.05, 3.63) is 28.2 Å². The number of nitrogens with one attached hydrogen (secondary N) is 1. The molecule has 1 fully saturated rings. The van der Waals surface area contributed by atoms with E-state index in [1.165, 1.54) is 12.8 Å². The van der Waals surface area contributed by atoms with Gasteiger partial charge in [0.05, 0.1) is 11.3 Å². The predicted molar refractivity (Wildman–Crippen MR) is 60.1 cm³/mol. The summed E-state index contributed by atoms with van der Waals surface area (Å²) in [4.78, 5) is 0. The van der Waals surface area contributed by atoms with Gasteiger partial charge in [0, 0.05) is 10.0 Å². The van der Waals surface area contributed by atoms with Gasteiger partial charge in [0.15, 0.2) is 0 Å². The number of nitrogens with zero attached hydrogens (tertiary/aromatic N) is 1. The molecule has 0 spiro atoms. The quantitative estimate of drug-likeness (QED) is 0.875. The SMILES string of the molecule is CC1(Nc2ccc(Br)cc2C#N)CC1. The summed E-state index contributed by atoms with van der Waals surface area (Å²) in [6.07, 6.45) is 2.38. The van der Waals surface area contributed by atoms with Crippen LogP contribution >= 0.6 is 15.9 Å². The maximum absolute atomic E-state index is 8.95. The second kappa shape index (κ2) is 3.29. The van der Waals surface area contributed by atoms with Gasteiger partial charge in [-0.05, 0) is 38.0 Å². The summed E-state index contributed by atoms with van der Waals surface area (Å²) in [6, 6.07) is 7.94. The van der Waals surface area contributed by atoms with Gasteiger partial charge >= 0.3 is 0 Å². The summed E-state index contributed by atoms with van der Waals surface area (Å²) < 4.78 is 0.945. The van der Waals surface area contributed by atoms with Crippen LogP contribution in [-0.2, 0) is 0 Å². The van der Waals surface area contributed by atoms with E-state index in [2.05, 4.69) is 34.2 Å². The molecule has 0 aliphatic heterocycles. The van der Waals surface area contributed by atoms with Gasteiger partial charge in [-0.3, -0.25) is 0 Å². The van der Waals surface area contributed by atoms with Crippen LogP contribution in [0.2, 0.25) is 0 Å². The summed E-state index contributed by atoms with van der Waals surface area (Å²) in [5.41, 5.74) is 1.86. The van der Waals surface area contributed by atoms with Gasteiger partial charge in [-0.25, -0.2) is 0 Å². The van der Waals surface area contributed by atoms with E-state index < -0.39 is 0 Å². The summed E-state index contributed by atoms with van der Waals surface area (Å²) in [6.45, 7) is 2.18.